The average molecular weight is 263 g/mol. The normalized spacial score (nSPS) is 12.1. The number of rotatable bonds is 2. The van der Waals surface area contributed by atoms with Gasteiger partial charge in [0.15, 0.2) is 11.8 Å². The van der Waals surface area contributed by atoms with E-state index in [1.807, 2.05) is 30.3 Å². The van der Waals surface area contributed by atoms with Crippen LogP contribution in [0.5, 0.6) is 0 Å². The molecule has 1 unspecified atom stereocenters. The van der Waals surface area contributed by atoms with E-state index >= 15 is 0 Å². The van der Waals surface area contributed by atoms with E-state index in [4.69, 9.17) is 9.90 Å². The number of aliphatic carboxylic acids is 1. The number of ketones is 1. The fraction of sp³-hybridized carbons (Fsp3) is 0.273. The minimum atomic E-state index is -5.19. The topological polar surface area (TPSA) is 84.8 Å². The highest BCUT2D eigenvalue weighted by Crippen LogP contribution is 2.11. The van der Waals surface area contributed by atoms with E-state index in [0.717, 1.165) is 5.56 Å². The number of benzene rings is 1. The number of carboxylic acid groups (broad SMARTS) is 1. The zero-order valence-corrected chi connectivity index (χ0v) is 9.53. The molecule has 0 saturated heterocycles. The lowest BCUT2D eigenvalue weighted by Crippen LogP contribution is -2.56. The van der Waals surface area contributed by atoms with Gasteiger partial charge in [0.25, 0.3) is 0 Å². The Bertz CT molecular complexity index is 404. The van der Waals surface area contributed by atoms with Crippen LogP contribution >= 0.6 is 0 Å². The maximum atomic E-state index is 10.9. The molecular formula is C11H12F3NO3. The van der Waals surface area contributed by atoms with Gasteiger partial charge in [-0.3, -0.25) is 4.79 Å². The van der Waals surface area contributed by atoms with Crippen LogP contribution in [0.4, 0.5) is 13.2 Å². The molecule has 4 nitrogen and oxygen atoms in total. The van der Waals surface area contributed by atoms with E-state index in [0.29, 0.717) is 0 Å². The van der Waals surface area contributed by atoms with Crippen LogP contribution in [-0.4, -0.2) is 17.9 Å². The maximum absolute atomic E-state index is 10.9. The van der Waals surface area contributed by atoms with Crippen molar-refractivity contribution in [3.63, 3.8) is 0 Å². The SMILES string of the molecule is CC(=O)C([NH3+])c1ccccc1.O=C([O-])C(F)(F)F. The number of halogens is 3. The Morgan fingerprint density at radius 2 is 1.61 bits per heavy atom. The van der Waals surface area contributed by atoms with Crippen molar-refractivity contribution in [1.29, 1.82) is 0 Å². The predicted octanol–water partition coefficient (Wildman–Crippen LogP) is -0.143. The monoisotopic (exact) mass is 263 g/mol. The Morgan fingerprint density at radius 3 is 1.89 bits per heavy atom. The van der Waals surface area contributed by atoms with Crippen LogP contribution in [0.1, 0.15) is 18.5 Å². The summed E-state index contributed by atoms with van der Waals surface area (Å²) in [5.41, 5.74) is 4.74. The van der Waals surface area contributed by atoms with E-state index in [-0.39, 0.29) is 11.8 Å². The van der Waals surface area contributed by atoms with E-state index in [2.05, 4.69) is 5.73 Å². The van der Waals surface area contributed by atoms with Crippen molar-refractivity contribution in [2.75, 3.05) is 0 Å². The summed E-state index contributed by atoms with van der Waals surface area (Å²) in [6.45, 7) is 1.56. The van der Waals surface area contributed by atoms with Crippen LogP contribution in [0, 0.1) is 0 Å². The van der Waals surface area contributed by atoms with Gasteiger partial charge in [-0.2, -0.15) is 13.2 Å². The summed E-state index contributed by atoms with van der Waals surface area (Å²) >= 11 is 0. The number of carbonyl (C=O) groups excluding carboxylic acids is 2. The minimum absolute atomic E-state index is 0.108. The number of carbonyl (C=O) groups is 2. The third-order valence-corrected chi connectivity index (χ3v) is 1.92. The summed E-state index contributed by atoms with van der Waals surface area (Å²) < 4.78 is 31.5. The number of alkyl halides is 3. The molecule has 0 radical (unpaired) electrons. The second-order valence-corrected chi connectivity index (χ2v) is 3.36. The molecule has 0 aromatic heterocycles. The molecule has 0 aliphatic carbocycles. The molecule has 0 fully saturated rings. The Balaban J connectivity index is 0.000000360. The highest BCUT2D eigenvalue weighted by molar-refractivity contribution is 5.81. The van der Waals surface area contributed by atoms with Crippen LogP contribution in [-0.2, 0) is 9.59 Å². The molecule has 0 spiro atoms. The van der Waals surface area contributed by atoms with Gasteiger partial charge in [0.1, 0.15) is 5.97 Å². The Hall–Kier alpha value is -1.89. The highest BCUT2D eigenvalue weighted by atomic mass is 19.4. The summed E-state index contributed by atoms with van der Waals surface area (Å²) in [4.78, 5) is 19.7. The standard InChI is InChI=1S/C9H11NO.C2HF3O2/c1-7(11)9(10)8-5-3-2-4-6-8;3-2(4,5)1(6)7/h2-6,9H,10H2,1H3;(H,6,7). The van der Waals surface area contributed by atoms with Crippen molar-refractivity contribution in [1.82, 2.24) is 0 Å². The molecule has 1 rings (SSSR count). The molecular weight excluding hydrogens is 251 g/mol. The second-order valence-electron chi connectivity index (χ2n) is 3.36. The molecule has 1 aromatic carbocycles. The van der Waals surface area contributed by atoms with Gasteiger partial charge in [-0.25, -0.2) is 0 Å². The summed E-state index contributed by atoms with van der Waals surface area (Å²) in [5, 5.41) is 8.78. The molecule has 0 bridgehead atoms. The van der Waals surface area contributed by atoms with E-state index < -0.39 is 12.1 Å². The Labute approximate surface area is 101 Å². The lowest BCUT2D eigenvalue weighted by Gasteiger charge is -2.03. The molecule has 0 aliphatic rings. The lowest BCUT2D eigenvalue weighted by atomic mass is 10.1. The van der Waals surface area contributed by atoms with E-state index in [1.54, 1.807) is 6.92 Å². The van der Waals surface area contributed by atoms with E-state index in [1.165, 1.54) is 0 Å². The maximum Gasteiger partial charge on any atom is 0.430 e. The van der Waals surface area contributed by atoms with Gasteiger partial charge in [0.05, 0.1) is 0 Å². The zero-order chi connectivity index (χ0) is 14.3. The first-order chi connectivity index (χ1) is 8.16. The number of Topliss-reactive ketones (excluding diaryl/α,β-unsaturated/α-hetero) is 1. The number of hydrogen-bond acceptors (Lipinski definition) is 3. The van der Waals surface area contributed by atoms with Crippen molar-refractivity contribution in [2.24, 2.45) is 0 Å². The molecule has 18 heavy (non-hydrogen) atoms. The first kappa shape index (κ1) is 16.1. The van der Waals surface area contributed by atoms with Gasteiger partial charge >= 0.3 is 6.18 Å². The number of quaternary nitrogens is 1. The van der Waals surface area contributed by atoms with Crippen molar-refractivity contribution in [3.05, 3.63) is 35.9 Å². The summed E-state index contributed by atoms with van der Waals surface area (Å²) in [5.74, 6) is -2.90. The first-order valence-corrected chi connectivity index (χ1v) is 4.83. The molecule has 0 heterocycles. The largest absolute Gasteiger partial charge is 0.542 e. The first-order valence-electron chi connectivity index (χ1n) is 4.83. The van der Waals surface area contributed by atoms with Crippen molar-refractivity contribution in [3.8, 4) is 0 Å². The van der Waals surface area contributed by atoms with Gasteiger partial charge in [0, 0.05) is 12.5 Å². The Morgan fingerprint density at radius 1 is 1.22 bits per heavy atom. The average Bonchev–Trinajstić information content (AvgIpc) is 2.28. The molecule has 7 heteroatoms. The van der Waals surface area contributed by atoms with Crippen LogP contribution in [0.25, 0.3) is 0 Å². The van der Waals surface area contributed by atoms with Gasteiger partial charge in [-0.15, -0.1) is 0 Å². The van der Waals surface area contributed by atoms with Gasteiger partial charge in [0.2, 0.25) is 0 Å². The second kappa shape index (κ2) is 6.75. The number of carboxylic acids is 1. The van der Waals surface area contributed by atoms with Crippen LogP contribution in [0.15, 0.2) is 30.3 Å². The van der Waals surface area contributed by atoms with Gasteiger partial charge in [-0.05, 0) is 0 Å². The third-order valence-electron chi connectivity index (χ3n) is 1.92. The fourth-order valence-corrected chi connectivity index (χ4v) is 0.920. The molecule has 100 valence electrons. The smallest absolute Gasteiger partial charge is 0.430 e. The molecule has 1 atom stereocenters. The molecule has 0 amide bonds. The predicted molar refractivity (Wildman–Crippen MR) is 53.8 cm³/mol. The summed E-state index contributed by atoms with van der Waals surface area (Å²) in [6.07, 6.45) is -5.19. The number of hydrogen-bond donors (Lipinski definition) is 1. The van der Waals surface area contributed by atoms with Crippen molar-refractivity contribution in [2.45, 2.75) is 19.1 Å². The summed E-state index contributed by atoms with van der Waals surface area (Å²) in [7, 11) is 0. The van der Waals surface area contributed by atoms with Crippen LogP contribution in [0.3, 0.4) is 0 Å². The Kier molecular flexibility index (Phi) is 6.04. The van der Waals surface area contributed by atoms with E-state index in [9.17, 15) is 18.0 Å². The molecule has 0 aliphatic heterocycles. The molecule has 0 saturated carbocycles. The lowest BCUT2D eigenvalue weighted by molar-refractivity contribution is -0.408. The van der Waals surface area contributed by atoms with Crippen molar-refractivity contribution >= 4 is 11.8 Å². The van der Waals surface area contributed by atoms with Crippen LogP contribution in [0.2, 0.25) is 0 Å². The quantitative estimate of drug-likeness (QED) is 0.805. The minimum Gasteiger partial charge on any atom is -0.542 e. The zero-order valence-electron chi connectivity index (χ0n) is 9.53. The molecule has 1 aromatic rings. The third kappa shape index (κ3) is 6.00. The summed E-state index contributed by atoms with van der Waals surface area (Å²) in [6, 6.07) is 9.37. The highest BCUT2D eigenvalue weighted by Gasteiger charge is 2.28. The molecule has 3 N–H and O–H groups in total. The van der Waals surface area contributed by atoms with Gasteiger partial charge < -0.3 is 15.6 Å². The fourth-order valence-electron chi connectivity index (χ4n) is 0.920. The van der Waals surface area contributed by atoms with Crippen LogP contribution < -0.4 is 10.8 Å². The van der Waals surface area contributed by atoms with Crippen molar-refractivity contribution < 1.29 is 33.6 Å². The van der Waals surface area contributed by atoms with Gasteiger partial charge in [-0.1, -0.05) is 30.3 Å².